The van der Waals surface area contributed by atoms with E-state index in [4.69, 9.17) is 0 Å². The predicted molar refractivity (Wildman–Crippen MR) is 59.6 cm³/mol. The maximum Gasteiger partial charge on any atom is 0.315 e. The highest BCUT2D eigenvalue weighted by atomic mass is 16.3. The van der Waals surface area contributed by atoms with Crippen molar-refractivity contribution < 1.29 is 9.90 Å². The second-order valence-corrected chi connectivity index (χ2v) is 5.20. The molecule has 0 aromatic heterocycles. The first-order valence-corrected chi connectivity index (χ1v) is 5.66. The van der Waals surface area contributed by atoms with E-state index in [2.05, 4.69) is 24.5 Å². The standard InChI is InChI=1S/C11H22N2O2/c1-8(2)6-11(3,15)7-12-10(14)13-9-4-5-9/h8-9,15H,4-7H2,1-3H3,(H2,12,13,14). The summed E-state index contributed by atoms with van der Waals surface area (Å²) in [6, 6.07) is 0.196. The highest BCUT2D eigenvalue weighted by Crippen LogP contribution is 2.18. The first-order chi connectivity index (χ1) is 6.89. The Kier molecular flexibility index (Phi) is 3.97. The average molecular weight is 214 g/mol. The molecule has 1 rings (SSSR count). The minimum Gasteiger partial charge on any atom is -0.388 e. The van der Waals surface area contributed by atoms with Gasteiger partial charge in [0.2, 0.25) is 0 Å². The highest BCUT2D eigenvalue weighted by Gasteiger charge is 2.25. The van der Waals surface area contributed by atoms with Crippen LogP contribution in [0, 0.1) is 5.92 Å². The van der Waals surface area contributed by atoms with Crippen LogP contribution in [0.3, 0.4) is 0 Å². The third kappa shape index (κ3) is 5.62. The van der Waals surface area contributed by atoms with Gasteiger partial charge in [-0.3, -0.25) is 0 Å². The van der Waals surface area contributed by atoms with Gasteiger partial charge in [-0.25, -0.2) is 4.79 Å². The molecule has 0 aromatic carbocycles. The minimum absolute atomic E-state index is 0.165. The summed E-state index contributed by atoms with van der Waals surface area (Å²) in [6.45, 7) is 6.17. The van der Waals surface area contributed by atoms with Gasteiger partial charge in [0, 0.05) is 12.6 Å². The average Bonchev–Trinajstić information content (AvgIpc) is 2.82. The fourth-order valence-corrected chi connectivity index (χ4v) is 1.69. The fourth-order valence-electron chi connectivity index (χ4n) is 1.69. The van der Waals surface area contributed by atoms with Gasteiger partial charge in [0.05, 0.1) is 5.60 Å². The van der Waals surface area contributed by atoms with Crippen molar-refractivity contribution in [3.8, 4) is 0 Å². The summed E-state index contributed by atoms with van der Waals surface area (Å²) in [7, 11) is 0. The molecular formula is C11H22N2O2. The van der Waals surface area contributed by atoms with Crippen LogP contribution < -0.4 is 10.6 Å². The molecule has 1 fully saturated rings. The van der Waals surface area contributed by atoms with E-state index >= 15 is 0 Å². The van der Waals surface area contributed by atoms with Crippen molar-refractivity contribution in [2.45, 2.75) is 51.7 Å². The van der Waals surface area contributed by atoms with E-state index in [1.165, 1.54) is 0 Å². The van der Waals surface area contributed by atoms with Gasteiger partial charge in [-0.1, -0.05) is 13.8 Å². The number of amides is 2. The maximum absolute atomic E-state index is 11.3. The summed E-state index contributed by atoms with van der Waals surface area (Å²) in [6.07, 6.45) is 2.85. The molecule has 2 amide bonds. The lowest BCUT2D eigenvalue weighted by Gasteiger charge is -2.25. The Hall–Kier alpha value is -0.770. The molecule has 0 aliphatic heterocycles. The zero-order valence-corrected chi connectivity index (χ0v) is 9.84. The van der Waals surface area contributed by atoms with Crippen molar-refractivity contribution in [1.29, 1.82) is 0 Å². The minimum atomic E-state index is -0.810. The third-order valence-electron chi connectivity index (χ3n) is 2.39. The Labute approximate surface area is 91.4 Å². The van der Waals surface area contributed by atoms with E-state index in [-0.39, 0.29) is 6.03 Å². The smallest absolute Gasteiger partial charge is 0.315 e. The van der Waals surface area contributed by atoms with Gasteiger partial charge < -0.3 is 15.7 Å². The number of rotatable bonds is 5. The Morgan fingerprint density at radius 1 is 1.53 bits per heavy atom. The summed E-state index contributed by atoms with van der Waals surface area (Å²) in [5.41, 5.74) is -0.810. The lowest BCUT2D eigenvalue weighted by molar-refractivity contribution is 0.0408. The molecule has 4 heteroatoms. The SMILES string of the molecule is CC(C)CC(C)(O)CNC(=O)NC1CC1. The highest BCUT2D eigenvalue weighted by molar-refractivity contribution is 5.74. The molecule has 1 saturated carbocycles. The molecule has 15 heavy (non-hydrogen) atoms. The van der Waals surface area contributed by atoms with Crippen LogP contribution in [0.15, 0.2) is 0 Å². The second kappa shape index (κ2) is 4.84. The van der Waals surface area contributed by atoms with Gasteiger partial charge in [0.15, 0.2) is 0 Å². The molecule has 88 valence electrons. The van der Waals surface area contributed by atoms with E-state index in [1.807, 2.05) is 0 Å². The quantitative estimate of drug-likeness (QED) is 0.645. The van der Waals surface area contributed by atoms with E-state index in [1.54, 1.807) is 6.92 Å². The molecule has 3 N–H and O–H groups in total. The van der Waals surface area contributed by atoms with Crippen LogP contribution in [-0.4, -0.2) is 29.3 Å². The summed E-state index contributed by atoms with van der Waals surface area (Å²) in [5.74, 6) is 0.424. The number of hydrogen-bond donors (Lipinski definition) is 3. The number of urea groups is 1. The maximum atomic E-state index is 11.3. The van der Waals surface area contributed by atoms with Crippen molar-refractivity contribution >= 4 is 6.03 Å². The Balaban J connectivity index is 2.18. The molecular weight excluding hydrogens is 192 g/mol. The van der Waals surface area contributed by atoms with E-state index in [9.17, 15) is 9.90 Å². The monoisotopic (exact) mass is 214 g/mol. The molecule has 1 atom stereocenters. The zero-order valence-electron chi connectivity index (χ0n) is 9.84. The van der Waals surface area contributed by atoms with Crippen LogP contribution in [0.5, 0.6) is 0 Å². The number of nitrogens with one attached hydrogen (secondary N) is 2. The van der Waals surface area contributed by atoms with Crippen molar-refractivity contribution in [3.63, 3.8) is 0 Å². The van der Waals surface area contributed by atoms with Gasteiger partial charge in [-0.2, -0.15) is 0 Å². The predicted octanol–water partition coefficient (Wildman–Crippen LogP) is 1.25. The number of hydrogen-bond acceptors (Lipinski definition) is 2. The number of carbonyl (C=O) groups excluding carboxylic acids is 1. The molecule has 1 aliphatic carbocycles. The van der Waals surface area contributed by atoms with Crippen LogP contribution in [0.4, 0.5) is 4.79 Å². The molecule has 0 saturated heterocycles. The van der Waals surface area contributed by atoms with Crippen LogP contribution >= 0.6 is 0 Å². The Bertz CT molecular complexity index is 223. The van der Waals surface area contributed by atoms with E-state index in [0.29, 0.717) is 24.9 Å². The first-order valence-electron chi connectivity index (χ1n) is 5.66. The van der Waals surface area contributed by atoms with Crippen molar-refractivity contribution in [2.24, 2.45) is 5.92 Å². The van der Waals surface area contributed by atoms with Gasteiger partial charge in [0.1, 0.15) is 0 Å². The lowest BCUT2D eigenvalue weighted by atomic mass is 9.94. The van der Waals surface area contributed by atoms with Gasteiger partial charge in [0.25, 0.3) is 0 Å². The van der Waals surface area contributed by atoms with Crippen molar-refractivity contribution in [1.82, 2.24) is 10.6 Å². The van der Waals surface area contributed by atoms with Crippen LogP contribution in [0.1, 0.15) is 40.0 Å². The largest absolute Gasteiger partial charge is 0.388 e. The summed E-state index contributed by atoms with van der Waals surface area (Å²) in [5, 5.41) is 15.5. The summed E-state index contributed by atoms with van der Waals surface area (Å²) >= 11 is 0. The number of carbonyl (C=O) groups is 1. The molecule has 1 aliphatic rings. The second-order valence-electron chi connectivity index (χ2n) is 5.20. The zero-order chi connectivity index (χ0) is 11.5. The molecule has 0 bridgehead atoms. The molecule has 0 spiro atoms. The van der Waals surface area contributed by atoms with Gasteiger partial charge in [-0.15, -0.1) is 0 Å². The van der Waals surface area contributed by atoms with Crippen LogP contribution in [0.25, 0.3) is 0 Å². The summed E-state index contributed by atoms with van der Waals surface area (Å²) in [4.78, 5) is 11.3. The molecule has 0 heterocycles. The van der Waals surface area contributed by atoms with Gasteiger partial charge in [-0.05, 0) is 32.1 Å². The topological polar surface area (TPSA) is 61.4 Å². The molecule has 4 nitrogen and oxygen atoms in total. The summed E-state index contributed by atoms with van der Waals surface area (Å²) < 4.78 is 0. The first kappa shape index (κ1) is 12.3. The van der Waals surface area contributed by atoms with Crippen molar-refractivity contribution in [3.05, 3.63) is 0 Å². The van der Waals surface area contributed by atoms with E-state index < -0.39 is 5.60 Å². The Morgan fingerprint density at radius 3 is 2.60 bits per heavy atom. The number of aliphatic hydroxyl groups is 1. The van der Waals surface area contributed by atoms with Crippen molar-refractivity contribution in [2.75, 3.05) is 6.54 Å². The lowest BCUT2D eigenvalue weighted by Crippen LogP contribution is -2.45. The van der Waals surface area contributed by atoms with Gasteiger partial charge >= 0.3 is 6.03 Å². The Morgan fingerprint density at radius 2 is 2.13 bits per heavy atom. The molecule has 1 unspecified atom stereocenters. The molecule has 0 aromatic rings. The normalized spacial score (nSPS) is 19.8. The van der Waals surface area contributed by atoms with Crippen LogP contribution in [-0.2, 0) is 0 Å². The molecule has 0 radical (unpaired) electrons. The van der Waals surface area contributed by atoms with E-state index in [0.717, 1.165) is 12.8 Å². The van der Waals surface area contributed by atoms with Crippen LogP contribution in [0.2, 0.25) is 0 Å². The third-order valence-corrected chi connectivity index (χ3v) is 2.39. The fraction of sp³-hybridized carbons (Fsp3) is 0.909.